The first-order valence-electron chi connectivity index (χ1n) is 11.9. The third-order valence-electron chi connectivity index (χ3n) is 4.93. The molecule has 1 rings (SSSR count). The lowest BCUT2D eigenvalue weighted by Gasteiger charge is -2.28. The van der Waals surface area contributed by atoms with Crippen LogP contribution in [0.5, 0.6) is 0 Å². The Morgan fingerprint density at radius 3 is 2.15 bits per heavy atom. The van der Waals surface area contributed by atoms with Gasteiger partial charge in [-0.15, -0.1) is 0 Å². The number of aliphatic hydroxyl groups excluding tert-OH is 1. The van der Waals surface area contributed by atoms with E-state index < -0.39 is 20.5 Å². The molecule has 33 heavy (non-hydrogen) atoms. The number of carbonyl (C=O) groups excluding carboxylic acids is 1. The van der Waals surface area contributed by atoms with Crippen LogP contribution in [0.4, 0.5) is 0 Å². The largest absolute Gasteiger partial charge is 0.500 e. The van der Waals surface area contributed by atoms with Gasteiger partial charge in [-0.1, -0.05) is 24.3 Å². The fraction of sp³-hybridized carbons (Fsp3) is 0.708. The molecule has 9 heteroatoms. The molecular formula is C24H43NO7Si. The number of carbonyl (C=O) groups is 1. The van der Waals surface area contributed by atoms with Gasteiger partial charge in [-0.2, -0.15) is 0 Å². The van der Waals surface area contributed by atoms with Gasteiger partial charge in [-0.3, -0.25) is 4.79 Å². The lowest BCUT2D eigenvalue weighted by atomic mass is 9.96. The number of hydrogen-bond donors (Lipinski definition) is 3. The summed E-state index contributed by atoms with van der Waals surface area (Å²) in [6, 6.07) is 7.89. The fourth-order valence-corrected chi connectivity index (χ4v) is 5.96. The van der Waals surface area contributed by atoms with Gasteiger partial charge in [0.2, 0.25) is 0 Å². The van der Waals surface area contributed by atoms with Crippen molar-refractivity contribution < 1.29 is 33.0 Å². The SMILES string of the molecule is CCO[Si](CCCNCC(O)COCCc1ccc(C(=O)C(C)(C)O)cc1)(OCC)OCC. The molecule has 0 aliphatic rings. The van der Waals surface area contributed by atoms with Gasteiger partial charge in [0.05, 0.1) is 19.3 Å². The van der Waals surface area contributed by atoms with Crippen LogP contribution in [-0.2, 0) is 24.4 Å². The molecule has 1 aromatic rings. The van der Waals surface area contributed by atoms with Crippen molar-refractivity contribution in [3.8, 4) is 0 Å². The van der Waals surface area contributed by atoms with Crippen LogP contribution < -0.4 is 5.32 Å². The van der Waals surface area contributed by atoms with E-state index in [0.29, 0.717) is 45.0 Å². The number of Topliss-reactive ketones (excluding diaryl/α,β-unsaturated/α-hetero) is 1. The molecule has 0 spiro atoms. The minimum atomic E-state index is -2.61. The summed E-state index contributed by atoms with van der Waals surface area (Å²) in [4.78, 5) is 12.1. The maximum absolute atomic E-state index is 12.1. The van der Waals surface area contributed by atoms with Crippen LogP contribution in [0.25, 0.3) is 0 Å². The van der Waals surface area contributed by atoms with E-state index in [4.69, 9.17) is 18.0 Å². The fourth-order valence-electron chi connectivity index (χ4n) is 3.34. The highest BCUT2D eigenvalue weighted by atomic mass is 28.4. The van der Waals surface area contributed by atoms with E-state index in [-0.39, 0.29) is 12.4 Å². The molecule has 3 N–H and O–H groups in total. The van der Waals surface area contributed by atoms with E-state index in [1.807, 2.05) is 32.9 Å². The number of rotatable bonds is 19. The first kappa shape index (κ1) is 29.9. The number of nitrogens with one attached hydrogen (secondary N) is 1. The molecule has 1 unspecified atom stereocenters. The molecule has 0 radical (unpaired) electrons. The molecule has 0 heterocycles. The second-order valence-corrected chi connectivity index (χ2v) is 11.1. The van der Waals surface area contributed by atoms with Crippen molar-refractivity contribution in [3.05, 3.63) is 35.4 Å². The molecule has 0 fully saturated rings. The van der Waals surface area contributed by atoms with Gasteiger partial charge in [0.15, 0.2) is 5.78 Å². The van der Waals surface area contributed by atoms with Crippen molar-refractivity contribution in [2.75, 3.05) is 46.1 Å². The van der Waals surface area contributed by atoms with Crippen LogP contribution in [0.15, 0.2) is 24.3 Å². The Bertz CT molecular complexity index is 647. The predicted molar refractivity (Wildman–Crippen MR) is 131 cm³/mol. The second-order valence-electron chi connectivity index (χ2n) is 8.35. The predicted octanol–water partition coefficient (Wildman–Crippen LogP) is 2.59. The smallest absolute Gasteiger partial charge is 0.389 e. The van der Waals surface area contributed by atoms with Crippen molar-refractivity contribution >= 4 is 14.6 Å². The number of benzene rings is 1. The normalized spacial score (nSPS) is 13.3. The molecular weight excluding hydrogens is 442 g/mol. The zero-order valence-corrected chi connectivity index (χ0v) is 21.9. The van der Waals surface area contributed by atoms with Crippen molar-refractivity contribution in [1.29, 1.82) is 0 Å². The van der Waals surface area contributed by atoms with Crippen LogP contribution in [0.3, 0.4) is 0 Å². The van der Waals surface area contributed by atoms with Gasteiger partial charge >= 0.3 is 8.80 Å². The molecule has 0 saturated carbocycles. The van der Waals surface area contributed by atoms with Crippen molar-refractivity contribution in [2.24, 2.45) is 0 Å². The highest BCUT2D eigenvalue weighted by molar-refractivity contribution is 6.60. The molecule has 0 saturated heterocycles. The standard InChI is InChI=1S/C24H43NO7Si/c1-6-30-33(31-7-2,32-8-3)17-9-15-25-18-22(26)19-29-16-14-20-10-12-21(13-11-20)23(27)24(4,5)28/h10-13,22,25-26,28H,6-9,14-19H2,1-5H3. The summed E-state index contributed by atoms with van der Waals surface area (Å²) in [5.74, 6) is -0.303. The highest BCUT2D eigenvalue weighted by Crippen LogP contribution is 2.18. The topological polar surface area (TPSA) is 106 Å². The molecule has 0 amide bonds. The Kier molecular flexibility index (Phi) is 14.2. The van der Waals surface area contributed by atoms with Crippen LogP contribution in [-0.4, -0.2) is 82.6 Å². The summed E-state index contributed by atoms with van der Waals surface area (Å²) in [5.41, 5.74) is 0.133. The Morgan fingerprint density at radius 2 is 1.64 bits per heavy atom. The number of aliphatic hydroxyl groups is 2. The molecule has 0 bridgehead atoms. The van der Waals surface area contributed by atoms with Crippen molar-refractivity contribution in [1.82, 2.24) is 5.32 Å². The molecule has 1 aromatic carbocycles. The monoisotopic (exact) mass is 485 g/mol. The third-order valence-corrected chi connectivity index (χ3v) is 8.08. The van der Waals surface area contributed by atoms with E-state index >= 15 is 0 Å². The van der Waals surface area contributed by atoms with Crippen LogP contribution in [0, 0.1) is 0 Å². The third kappa shape index (κ3) is 11.7. The zero-order chi connectivity index (χ0) is 24.7. The van der Waals surface area contributed by atoms with E-state index in [9.17, 15) is 15.0 Å². The molecule has 0 aliphatic heterocycles. The van der Waals surface area contributed by atoms with E-state index in [1.165, 1.54) is 13.8 Å². The van der Waals surface area contributed by atoms with E-state index in [1.54, 1.807) is 12.1 Å². The molecule has 190 valence electrons. The summed E-state index contributed by atoms with van der Waals surface area (Å²) in [6.45, 7) is 12.4. The second kappa shape index (κ2) is 15.7. The van der Waals surface area contributed by atoms with Crippen LogP contribution in [0.2, 0.25) is 6.04 Å². The van der Waals surface area contributed by atoms with E-state index in [2.05, 4.69) is 5.32 Å². The first-order chi connectivity index (χ1) is 15.7. The van der Waals surface area contributed by atoms with Crippen LogP contribution in [0.1, 0.15) is 57.0 Å². The summed E-state index contributed by atoms with van der Waals surface area (Å²) >= 11 is 0. The minimum absolute atomic E-state index is 0.248. The Labute approximate surface area is 200 Å². The summed E-state index contributed by atoms with van der Waals surface area (Å²) in [6.07, 6.45) is 0.923. The van der Waals surface area contributed by atoms with Crippen molar-refractivity contribution in [2.45, 2.75) is 65.2 Å². The molecule has 0 aliphatic carbocycles. The first-order valence-corrected chi connectivity index (χ1v) is 13.8. The Balaban J connectivity index is 2.23. The zero-order valence-electron chi connectivity index (χ0n) is 20.9. The van der Waals surface area contributed by atoms with Gasteiger partial charge in [0, 0.05) is 38.0 Å². The number of ether oxygens (including phenoxy) is 1. The lowest BCUT2D eigenvalue weighted by molar-refractivity contribution is 0.0383. The summed E-state index contributed by atoms with van der Waals surface area (Å²) < 4.78 is 23.1. The van der Waals surface area contributed by atoms with Gasteiger partial charge in [-0.05, 0) is 59.6 Å². The van der Waals surface area contributed by atoms with Gasteiger partial charge in [0.1, 0.15) is 5.60 Å². The lowest BCUT2D eigenvalue weighted by Crippen LogP contribution is -2.46. The molecule has 0 aromatic heterocycles. The number of hydrogen-bond acceptors (Lipinski definition) is 8. The molecule has 8 nitrogen and oxygen atoms in total. The Hall–Kier alpha value is -1.17. The van der Waals surface area contributed by atoms with Crippen LogP contribution >= 0.6 is 0 Å². The summed E-state index contributed by atoms with van der Waals surface area (Å²) in [7, 11) is -2.61. The van der Waals surface area contributed by atoms with Gasteiger partial charge in [-0.25, -0.2) is 0 Å². The van der Waals surface area contributed by atoms with Gasteiger partial charge in [0.25, 0.3) is 0 Å². The average molecular weight is 486 g/mol. The van der Waals surface area contributed by atoms with E-state index in [0.717, 1.165) is 24.6 Å². The minimum Gasteiger partial charge on any atom is -0.389 e. The Morgan fingerprint density at radius 1 is 1.06 bits per heavy atom. The van der Waals surface area contributed by atoms with Gasteiger partial charge < -0.3 is 33.5 Å². The summed E-state index contributed by atoms with van der Waals surface area (Å²) in [5, 5.41) is 23.2. The highest BCUT2D eigenvalue weighted by Gasteiger charge is 2.39. The molecule has 1 atom stereocenters. The maximum atomic E-state index is 12.1. The van der Waals surface area contributed by atoms with Crippen molar-refractivity contribution in [3.63, 3.8) is 0 Å². The average Bonchev–Trinajstić information content (AvgIpc) is 2.76. The quantitative estimate of drug-likeness (QED) is 0.156. The number of ketones is 1. The maximum Gasteiger partial charge on any atom is 0.500 e.